The van der Waals surface area contributed by atoms with Crippen molar-refractivity contribution in [3.63, 3.8) is 0 Å². The minimum absolute atomic E-state index is 0.0404. The summed E-state index contributed by atoms with van der Waals surface area (Å²) in [4.78, 5) is 172. The van der Waals surface area contributed by atoms with Gasteiger partial charge in [-0.25, -0.2) is 28.8 Å². The summed E-state index contributed by atoms with van der Waals surface area (Å²) in [6.45, 7) is 6.20. The normalized spacial score (nSPS) is 10.2. The smallest absolute Gasteiger partial charge is 0.338 e. The van der Waals surface area contributed by atoms with Crippen LogP contribution in [0.3, 0.4) is 0 Å². The van der Waals surface area contributed by atoms with Gasteiger partial charge in [0.15, 0.2) is 0 Å². The molecule has 0 aromatic heterocycles. The van der Waals surface area contributed by atoms with E-state index in [2.05, 4.69) is 0 Å². The standard InChI is InChI=1S/C23H30O9.C21H26O9.C19H22O9/c1-2-3-4-13-31-21(26)16-19(24)11-12-20(25)30-14-5-6-15-32-23(29)18-9-7-17(8-10-18)22(27)28;1-2-3-4-11-28-19(24)14-17(22)9-10-18(23)29-12-13-30-21(27)16-7-5-15(6-8-16)20(25)26;1-2-9-26-17(22)12-15(20)7-8-16(21)27-10-11-28-19(25)14-5-3-13(4-6-14)18(23)24/h7-10H,2-6,11-16H2,1H3,(H,27,28);5-8H,2-4,9-14H2,1H3,(H,25,26);3-6H,2,7-12H2,1H3,(H,23,24). The van der Waals surface area contributed by atoms with Crippen LogP contribution in [-0.2, 0) is 85.8 Å². The largest absolute Gasteiger partial charge is 0.478 e. The van der Waals surface area contributed by atoms with E-state index in [4.69, 9.17) is 58.0 Å². The predicted molar refractivity (Wildman–Crippen MR) is 312 cm³/mol. The number of carbonyl (C=O) groups excluding carboxylic acids is 12. The Kier molecular flexibility index (Phi) is 41.2. The summed E-state index contributed by atoms with van der Waals surface area (Å²) in [5.74, 6) is -10.1. The average Bonchev–Trinajstić information content (AvgIpc) is 3.52. The van der Waals surface area contributed by atoms with E-state index in [1.807, 2.05) is 20.8 Å². The Morgan fingerprint density at radius 3 is 0.756 bits per heavy atom. The number of Topliss-reactive ketones (excluding diaryl/α,β-unsaturated/α-hetero) is 3. The number of carboxylic acids is 3. The van der Waals surface area contributed by atoms with Crippen molar-refractivity contribution in [2.24, 2.45) is 0 Å². The maximum absolute atomic E-state index is 11.9. The van der Waals surface area contributed by atoms with Crippen LogP contribution in [0.5, 0.6) is 0 Å². The first-order valence-electron chi connectivity index (χ1n) is 29.0. The molecule has 3 rings (SSSR count). The SMILES string of the molecule is CCCCCOC(=O)CC(=O)CCC(=O)OCCCCOC(=O)c1ccc(C(=O)O)cc1.CCCCCOC(=O)CC(=O)CCC(=O)OCCOC(=O)c1ccc(C(=O)O)cc1.CCCOC(=O)CC(=O)CCC(=O)OCCOC(=O)c1ccc(C(=O)O)cc1. The van der Waals surface area contributed by atoms with Gasteiger partial charge in [-0.15, -0.1) is 0 Å². The van der Waals surface area contributed by atoms with E-state index in [1.54, 1.807) is 0 Å². The number of hydrogen-bond acceptors (Lipinski definition) is 24. The molecule has 0 amide bonds. The van der Waals surface area contributed by atoms with Gasteiger partial charge in [0.05, 0.1) is 85.7 Å². The number of rotatable bonds is 42. The zero-order valence-corrected chi connectivity index (χ0v) is 50.7. The number of ketones is 3. The van der Waals surface area contributed by atoms with Crippen LogP contribution in [0, 0.1) is 0 Å². The molecular weight excluding hydrogens is 1190 g/mol. The average molecular weight is 1270 g/mol. The highest BCUT2D eigenvalue weighted by Crippen LogP contribution is 2.11. The second kappa shape index (κ2) is 47.4. The van der Waals surface area contributed by atoms with E-state index in [0.29, 0.717) is 25.9 Å². The predicted octanol–water partition coefficient (Wildman–Crippen LogP) is 7.67. The molecule has 0 unspecified atom stereocenters. The molecule has 0 saturated carbocycles. The summed E-state index contributed by atoms with van der Waals surface area (Å²) in [6.07, 6.45) is 5.06. The van der Waals surface area contributed by atoms with Crippen LogP contribution in [0.4, 0.5) is 0 Å². The summed E-state index contributed by atoms with van der Waals surface area (Å²) in [5.41, 5.74) is 0.733. The third-order valence-electron chi connectivity index (χ3n) is 11.6. The summed E-state index contributed by atoms with van der Waals surface area (Å²) >= 11 is 0. The molecule has 0 heterocycles. The summed E-state index contributed by atoms with van der Waals surface area (Å²) < 4.78 is 44.3. The van der Waals surface area contributed by atoms with Crippen molar-refractivity contribution in [3.05, 3.63) is 106 Å². The number of carbonyl (C=O) groups is 15. The van der Waals surface area contributed by atoms with Crippen LogP contribution >= 0.6 is 0 Å². The Labute approximate surface area is 519 Å². The maximum Gasteiger partial charge on any atom is 0.338 e. The quantitative estimate of drug-likeness (QED) is 0.0212. The lowest BCUT2D eigenvalue weighted by atomic mass is 10.1. The Morgan fingerprint density at radius 2 is 0.478 bits per heavy atom. The number of carboxylic acid groups (broad SMARTS) is 3. The van der Waals surface area contributed by atoms with Crippen LogP contribution in [0.2, 0.25) is 0 Å². The Bertz CT molecular complexity index is 2820. The number of esters is 9. The van der Waals surface area contributed by atoms with Gasteiger partial charge in [-0.1, -0.05) is 46.5 Å². The number of aromatic carboxylic acids is 3. The van der Waals surface area contributed by atoms with E-state index in [9.17, 15) is 71.9 Å². The van der Waals surface area contributed by atoms with Gasteiger partial charge in [0.1, 0.15) is 63.0 Å². The van der Waals surface area contributed by atoms with E-state index < -0.39 is 83.2 Å². The van der Waals surface area contributed by atoms with Crippen LogP contribution in [0.25, 0.3) is 0 Å². The molecule has 0 aliphatic rings. The number of unbranched alkanes of at least 4 members (excludes halogenated alkanes) is 5. The highest BCUT2D eigenvalue weighted by Gasteiger charge is 2.18. The van der Waals surface area contributed by atoms with Crippen molar-refractivity contribution in [3.8, 4) is 0 Å². The van der Waals surface area contributed by atoms with Gasteiger partial charge in [-0.2, -0.15) is 0 Å². The molecule has 0 radical (unpaired) electrons. The maximum atomic E-state index is 11.9. The van der Waals surface area contributed by atoms with Gasteiger partial charge in [0, 0.05) is 19.3 Å². The minimum atomic E-state index is -1.11. The summed E-state index contributed by atoms with van der Waals surface area (Å²) in [5, 5.41) is 26.4. The molecule has 0 saturated heterocycles. The van der Waals surface area contributed by atoms with Crippen molar-refractivity contribution in [1.82, 2.24) is 0 Å². The lowest BCUT2D eigenvalue weighted by Gasteiger charge is -2.07. The number of benzene rings is 3. The molecule has 0 atom stereocenters. The van der Waals surface area contributed by atoms with Gasteiger partial charge in [-0.3, -0.25) is 43.2 Å². The third-order valence-corrected chi connectivity index (χ3v) is 11.6. The van der Waals surface area contributed by atoms with Crippen molar-refractivity contribution in [2.75, 3.05) is 59.5 Å². The molecule has 3 N–H and O–H groups in total. The van der Waals surface area contributed by atoms with Crippen LogP contribution in [0.1, 0.15) is 198 Å². The molecule has 27 heteroatoms. The first-order chi connectivity index (χ1) is 43.0. The fourth-order valence-electron chi connectivity index (χ4n) is 6.77. The Morgan fingerprint density at radius 1 is 0.256 bits per heavy atom. The molecule has 90 heavy (non-hydrogen) atoms. The summed E-state index contributed by atoms with van der Waals surface area (Å²) in [6, 6.07) is 15.7. The van der Waals surface area contributed by atoms with E-state index in [1.165, 1.54) is 72.8 Å². The van der Waals surface area contributed by atoms with Crippen molar-refractivity contribution in [1.29, 1.82) is 0 Å². The second-order valence-electron chi connectivity index (χ2n) is 19.1. The van der Waals surface area contributed by atoms with Gasteiger partial charge < -0.3 is 58.0 Å². The zero-order chi connectivity index (χ0) is 67.1. The van der Waals surface area contributed by atoms with Gasteiger partial charge in [0.2, 0.25) is 0 Å². The van der Waals surface area contributed by atoms with Crippen LogP contribution in [0.15, 0.2) is 72.8 Å². The Hall–Kier alpha value is -9.69. The first-order valence-corrected chi connectivity index (χ1v) is 29.0. The second-order valence-corrected chi connectivity index (χ2v) is 19.1. The molecule has 0 bridgehead atoms. The van der Waals surface area contributed by atoms with Crippen molar-refractivity contribution in [2.45, 2.75) is 136 Å². The molecule has 27 nitrogen and oxygen atoms in total. The first kappa shape index (κ1) is 78.3. The summed E-state index contributed by atoms with van der Waals surface area (Å²) in [7, 11) is 0. The van der Waals surface area contributed by atoms with Gasteiger partial charge in [-0.05, 0) is 105 Å². The molecule has 0 spiro atoms. The van der Waals surface area contributed by atoms with E-state index >= 15 is 0 Å². The molecule has 3 aromatic rings. The molecule has 0 aliphatic heterocycles. The monoisotopic (exact) mass is 1270 g/mol. The lowest BCUT2D eigenvalue weighted by Crippen LogP contribution is -2.16. The third kappa shape index (κ3) is 38.5. The van der Waals surface area contributed by atoms with Crippen molar-refractivity contribution < 1.29 is 130 Å². The van der Waals surface area contributed by atoms with Gasteiger partial charge in [0.25, 0.3) is 0 Å². The van der Waals surface area contributed by atoms with Gasteiger partial charge >= 0.3 is 71.6 Å². The Balaban J connectivity index is 0.000000677. The molecule has 3 aromatic carbocycles. The molecule has 0 fully saturated rings. The number of ether oxygens (including phenoxy) is 9. The highest BCUT2D eigenvalue weighted by atomic mass is 16.6. The highest BCUT2D eigenvalue weighted by molar-refractivity contribution is 5.99. The van der Waals surface area contributed by atoms with E-state index in [0.717, 1.165) is 38.5 Å². The fourth-order valence-corrected chi connectivity index (χ4v) is 6.77. The molecule has 492 valence electrons. The number of hydrogen-bond donors (Lipinski definition) is 3. The lowest BCUT2D eigenvalue weighted by molar-refractivity contribution is -0.149. The topological polar surface area (TPSA) is 400 Å². The minimum Gasteiger partial charge on any atom is -0.478 e. The van der Waals surface area contributed by atoms with Crippen LogP contribution < -0.4 is 0 Å². The van der Waals surface area contributed by atoms with Crippen LogP contribution in [-0.4, -0.2) is 164 Å². The van der Waals surface area contributed by atoms with E-state index in [-0.39, 0.29) is 150 Å². The molecule has 0 aliphatic carbocycles. The fraction of sp³-hybridized carbons (Fsp3) is 0.476. The molecular formula is C63H78O27. The van der Waals surface area contributed by atoms with Crippen molar-refractivity contribution >= 4 is 89.0 Å². The zero-order valence-electron chi connectivity index (χ0n) is 50.7.